The van der Waals surface area contributed by atoms with Gasteiger partial charge in [-0.1, -0.05) is 36.4 Å². The second kappa shape index (κ2) is 9.73. The normalized spacial score (nSPS) is 22.5. The van der Waals surface area contributed by atoms with E-state index in [4.69, 9.17) is 0 Å². The van der Waals surface area contributed by atoms with E-state index in [0.717, 1.165) is 49.1 Å². The number of nitrogens with zero attached hydrogens (tertiary/aromatic N) is 2. The van der Waals surface area contributed by atoms with Crippen molar-refractivity contribution in [1.29, 1.82) is 0 Å². The van der Waals surface area contributed by atoms with E-state index in [1.54, 1.807) is 23.5 Å². The Bertz CT molecular complexity index is 1380. The summed E-state index contributed by atoms with van der Waals surface area (Å²) in [7, 11) is 4.23. The standard InChI is InChI=1S/C31H34FN3OS/c1-34(2)29(21-9-11-23(32)12-10-21)22-13-16-31(17-14-22)30-26(25-7-3-4-8-27(25)33-30)15-18-35(31)28(36)20-24-6-5-19-37-24/h3-12,19,22,29,33H,13-18,20H2,1-2H3. The van der Waals surface area contributed by atoms with Crippen LogP contribution < -0.4 is 0 Å². The molecule has 6 rings (SSSR count). The molecule has 1 amide bonds. The third-order valence-electron chi connectivity index (χ3n) is 8.66. The fourth-order valence-corrected chi connectivity index (χ4v) is 7.75. The topological polar surface area (TPSA) is 39.3 Å². The summed E-state index contributed by atoms with van der Waals surface area (Å²) in [6, 6.07) is 19.9. The van der Waals surface area contributed by atoms with Crippen molar-refractivity contribution in [2.75, 3.05) is 20.6 Å². The van der Waals surface area contributed by atoms with Crippen molar-refractivity contribution in [2.45, 2.75) is 50.1 Å². The van der Waals surface area contributed by atoms with Gasteiger partial charge in [0.2, 0.25) is 5.91 Å². The average Bonchev–Trinajstić information content (AvgIpc) is 3.55. The lowest BCUT2D eigenvalue weighted by atomic mass is 9.68. The number of carbonyl (C=O) groups is 1. The third-order valence-corrected chi connectivity index (χ3v) is 9.54. The van der Waals surface area contributed by atoms with Gasteiger partial charge in [-0.2, -0.15) is 0 Å². The number of aromatic nitrogens is 1. The zero-order valence-electron chi connectivity index (χ0n) is 21.5. The van der Waals surface area contributed by atoms with Crippen molar-refractivity contribution in [1.82, 2.24) is 14.8 Å². The monoisotopic (exact) mass is 515 g/mol. The van der Waals surface area contributed by atoms with E-state index in [2.05, 4.69) is 59.2 Å². The van der Waals surface area contributed by atoms with Gasteiger partial charge in [-0.05, 0) is 92.9 Å². The zero-order chi connectivity index (χ0) is 25.6. The summed E-state index contributed by atoms with van der Waals surface area (Å²) in [5, 5.41) is 3.34. The highest BCUT2D eigenvalue weighted by Crippen LogP contribution is 2.51. The lowest BCUT2D eigenvalue weighted by Crippen LogP contribution is -2.56. The van der Waals surface area contributed by atoms with Crippen LogP contribution in [0.5, 0.6) is 0 Å². The molecule has 2 aromatic heterocycles. The molecular weight excluding hydrogens is 481 g/mol. The minimum absolute atomic E-state index is 0.197. The molecule has 2 aromatic carbocycles. The first-order valence-electron chi connectivity index (χ1n) is 13.3. The highest BCUT2D eigenvalue weighted by Gasteiger charge is 2.49. The van der Waals surface area contributed by atoms with Crippen LogP contribution >= 0.6 is 11.3 Å². The molecule has 1 aliphatic heterocycles. The highest BCUT2D eigenvalue weighted by molar-refractivity contribution is 7.10. The molecule has 1 N–H and O–H groups in total. The quantitative estimate of drug-likeness (QED) is 0.322. The molecule has 1 aliphatic carbocycles. The van der Waals surface area contributed by atoms with Gasteiger partial charge in [-0.25, -0.2) is 4.39 Å². The molecule has 192 valence electrons. The predicted octanol–water partition coefficient (Wildman–Crippen LogP) is 6.68. The molecule has 1 unspecified atom stereocenters. The Balaban J connectivity index is 1.35. The molecule has 4 aromatic rings. The van der Waals surface area contributed by atoms with Crippen molar-refractivity contribution in [3.8, 4) is 0 Å². The molecule has 0 bridgehead atoms. The number of benzene rings is 2. The van der Waals surface area contributed by atoms with Gasteiger partial charge in [-0.15, -0.1) is 11.3 Å². The van der Waals surface area contributed by atoms with E-state index in [0.29, 0.717) is 12.3 Å². The summed E-state index contributed by atoms with van der Waals surface area (Å²) in [6.07, 6.45) is 5.24. The van der Waals surface area contributed by atoms with Gasteiger partial charge in [0, 0.05) is 34.1 Å². The van der Waals surface area contributed by atoms with Crippen LogP contribution in [0.2, 0.25) is 0 Å². The third kappa shape index (κ3) is 4.30. The van der Waals surface area contributed by atoms with E-state index >= 15 is 0 Å². The van der Waals surface area contributed by atoms with Crippen LogP contribution in [-0.2, 0) is 23.2 Å². The molecule has 0 radical (unpaired) electrons. The van der Waals surface area contributed by atoms with Crippen LogP contribution in [0.1, 0.15) is 53.4 Å². The van der Waals surface area contributed by atoms with Crippen molar-refractivity contribution in [3.05, 3.63) is 93.6 Å². The molecule has 1 fully saturated rings. The first-order chi connectivity index (χ1) is 18.0. The summed E-state index contributed by atoms with van der Waals surface area (Å²) >= 11 is 1.66. The molecule has 0 saturated heterocycles. The van der Waals surface area contributed by atoms with Crippen LogP contribution in [-0.4, -0.2) is 41.3 Å². The average molecular weight is 516 g/mol. The van der Waals surface area contributed by atoms with Gasteiger partial charge >= 0.3 is 0 Å². The molecule has 1 atom stereocenters. The fourth-order valence-electron chi connectivity index (χ4n) is 7.06. The molecule has 37 heavy (non-hydrogen) atoms. The smallest absolute Gasteiger partial charge is 0.228 e. The van der Waals surface area contributed by atoms with E-state index in [-0.39, 0.29) is 23.3 Å². The van der Waals surface area contributed by atoms with Gasteiger partial charge in [-0.3, -0.25) is 4.79 Å². The number of amides is 1. The Kier molecular flexibility index (Phi) is 6.41. The summed E-state index contributed by atoms with van der Waals surface area (Å²) in [4.78, 5) is 23.2. The number of para-hydroxylation sites is 1. The Labute approximate surface area is 222 Å². The van der Waals surface area contributed by atoms with E-state index < -0.39 is 0 Å². The Morgan fingerprint density at radius 1 is 1.11 bits per heavy atom. The summed E-state index contributed by atoms with van der Waals surface area (Å²) in [6.45, 7) is 0.763. The lowest BCUT2D eigenvalue weighted by molar-refractivity contribution is -0.141. The molecule has 1 spiro atoms. The maximum absolute atomic E-state index is 13.8. The summed E-state index contributed by atoms with van der Waals surface area (Å²) in [5.41, 5.74) is 4.65. The maximum Gasteiger partial charge on any atom is 0.228 e. The number of thiophene rings is 1. The van der Waals surface area contributed by atoms with Crippen LogP contribution in [0.3, 0.4) is 0 Å². The lowest BCUT2D eigenvalue weighted by Gasteiger charge is -2.52. The van der Waals surface area contributed by atoms with Crippen molar-refractivity contribution in [3.63, 3.8) is 0 Å². The van der Waals surface area contributed by atoms with Gasteiger partial charge in [0.15, 0.2) is 0 Å². The Morgan fingerprint density at radius 2 is 1.86 bits per heavy atom. The Morgan fingerprint density at radius 3 is 2.57 bits per heavy atom. The molecule has 6 heteroatoms. The number of hydrogen-bond acceptors (Lipinski definition) is 3. The van der Waals surface area contributed by atoms with Crippen LogP contribution in [0, 0.1) is 11.7 Å². The second-order valence-corrected chi connectivity index (χ2v) is 11.9. The number of aromatic amines is 1. The molecule has 1 saturated carbocycles. The van der Waals surface area contributed by atoms with Crippen LogP contribution in [0.25, 0.3) is 10.9 Å². The predicted molar refractivity (Wildman–Crippen MR) is 148 cm³/mol. The fraction of sp³-hybridized carbons (Fsp3) is 0.387. The van der Waals surface area contributed by atoms with E-state index in [9.17, 15) is 9.18 Å². The number of rotatable bonds is 5. The number of fused-ring (bicyclic) bond motifs is 4. The molecule has 4 nitrogen and oxygen atoms in total. The first-order valence-corrected chi connectivity index (χ1v) is 14.2. The number of carbonyl (C=O) groups excluding carboxylic acids is 1. The number of halogens is 1. The van der Waals surface area contributed by atoms with Gasteiger partial charge < -0.3 is 14.8 Å². The highest BCUT2D eigenvalue weighted by atomic mass is 32.1. The first kappa shape index (κ1) is 24.4. The number of hydrogen-bond donors (Lipinski definition) is 1. The largest absolute Gasteiger partial charge is 0.356 e. The summed E-state index contributed by atoms with van der Waals surface area (Å²) < 4.78 is 13.7. The maximum atomic E-state index is 13.8. The Hall–Kier alpha value is -2.96. The second-order valence-electron chi connectivity index (χ2n) is 10.9. The van der Waals surface area contributed by atoms with E-state index in [1.807, 2.05) is 23.6 Å². The molecular formula is C31H34FN3OS. The van der Waals surface area contributed by atoms with Gasteiger partial charge in [0.1, 0.15) is 5.82 Å². The van der Waals surface area contributed by atoms with E-state index in [1.165, 1.54) is 22.2 Å². The van der Waals surface area contributed by atoms with Crippen molar-refractivity contribution < 1.29 is 9.18 Å². The number of nitrogens with one attached hydrogen (secondary N) is 1. The van der Waals surface area contributed by atoms with Crippen molar-refractivity contribution in [2.24, 2.45) is 5.92 Å². The zero-order valence-corrected chi connectivity index (χ0v) is 22.4. The number of H-pyrrole nitrogens is 1. The minimum Gasteiger partial charge on any atom is -0.356 e. The molecule has 3 heterocycles. The molecule has 2 aliphatic rings. The van der Waals surface area contributed by atoms with Crippen LogP contribution in [0.15, 0.2) is 66.0 Å². The van der Waals surface area contributed by atoms with Crippen molar-refractivity contribution >= 4 is 28.1 Å². The van der Waals surface area contributed by atoms with Gasteiger partial charge in [0.05, 0.1) is 12.0 Å². The SMILES string of the molecule is CN(C)C(c1ccc(F)cc1)C1CCC2(CC1)c1[nH]c3ccccc3c1CCN2C(=O)Cc1cccs1. The van der Waals surface area contributed by atoms with Crippen LogP contribution in [0.4, 0.5) is 4.39 Å². The minimum atomic E-state index is -0.308. The summed E-state index contributed by atoms with van der Waals surface area (Å²) in [5.74, 6) is 0.472. The van der Waals surface area contributed by atoms with Gasteiger partial charge in [0.25, 0.3) is 0 Å².